The van der Waals surface area contributed by atoms with Gasteiger partial charge in [0.2, 0.25) is 0 Å². The second-order valence-electron chi connectivity index (χ2n) is 2.86. The molecule has 1 heterocycles. The lowest BCUT2D eigenvalue weighted by molar-refractivity contribution is -0.140. The number of carbonyl (C=O) groups excluding carboxylic acids is 1. The van der Waals surface area contributed by atoms with Crippen LogP contribution in [0, 0.1) is 0 Å². The number of rotatable bonds is 3. The first-order valence-corrected chi connectivity index (χ1v) is 4.17. The lowest BCUT2D eigenvalue weighted by Crippen LogP contribution is -2.14. The number of aromatic amines is 1. The minimum atomic E-state index is -0.341. The van der Waals surface area contributed by atoms with E-state index in [-0.39, 0.29) is 17.9 Å². The third-order valence-corrected chi connectivity index (χ3v) is 1.83. The van der Waals surface area contributed by atoms with Crippen LogP contribution in [-0.2, 0) is 16.0 Å². The van der Waals surface area contributed by atoms with Gasteiger partial charge in [-0.05, 0) is 12.5 Å². The summed E-state index contributed by atoms with van der Waals surface area (Å²) < 4.78 is 4.46. The first-order chi connectivity index (χ1) is 6.63. The average Bonchev–Trinajstić information content (AvgIpc) is 2.19. The summed E-state index contributed by atoms with van der Waals surface area (Å²) in [6.07, 6.45) is 1.94. The van der Waals surface area contributed by atoms with E-state index in [1.165, 1.54) is 13.3 Å². The van der Waals surface area contributed by atoms with Crippen molar-refractivity contribution < 1.29 is 9.53 Å². The third-order valence-electron chi connectivity index (χ3n) is 1.83. The van der Waals surface area contributed by atoms with Gasteiger partial charge in [-0.1, -0.05) is 0 Å². The van der Waals surface area contributed by atoms with Crippen molar-refractivity contribution in [1.29, 1.82) is 0 Å². The Morgan fingerprint density at radius 3 is 3.00 bits per heavy atom. The predicted octanol–water partition coefficient (Wildman–Crippen LogP) is 0.0627. The normalized spacial score (nSPS) is 9.79. The van der Waals surface area contributed by atoms with Crippen LogP contribution in [0.2, 0.25) is 0 Å². The zero-order chi connectivity index (χ0) is 10.6. The molecule has 0 fully saturated rings. The zero-order valence-corrected chi connectivity index (χ0v) is 7.87. The average molecular weight is 196 g/mol. The van der Waals surface area contributed by atoms with Crippen LogP contribution in [0.15, 0.2) is 17.1 Å². The largest absolute Gasteiger partial charge is 0.469 e. The minimum Gasteiger partial charge on any atom is -0.469 e. The molecule has 14 heavy (non-hydrogen) atoms. The molecule has 0 saturated carbocycles. The summed E-state index contributed by atoms with van der Waals surface area (Å²) in [5.74, 6) is -0.341. The standard InChI is InChI=1S/C9H12N2O3/c1-14-8(12)3-2-6-4-7(10)5-11-9(6)13/h4-5H,2-3,10H2,1H3,(H,11,13). The SMILES string of the molecule is COC(=O)CCc1cc(N)c[nH]c1=O. The van der Waals surface area contributed by atoms with Gasteiger partial charge in [-0.3, -0.25) is 9.59 Å². The molecule has 0 aromatic carbocycles. The van der Waals surface area contributed by atoms with Crippen molar-refractivity contribution in [2.75, 3.05) is 12.8 Å². The number of anilines is 1. The van der Waals surface area contributed by atoms with Gasteiger partial charge in [0, 0.05) is 23.9 Å². The molecule has 0 spiro atoms. The van der Waals surface area contributed by atoms with Crippen LogP contribution in [0.25, 0.3) is 0 Å². The van der Waals surface area contributed by atoms with Crippen LogP contribution in [0.4, 0.5) is 5.69 Å². The Labute approximate surface area is 80.9 Å². The second-order valence-corrected chi connectivity index (χ2v) is 2.86. The van der Waals surface area contributed by atoms with Crippen LogP contribution in [0.1, 0.15) is 12.0 Å². The second kappa shape index (κ2) is 4.45. The molecule has 1 rings (SSSR count). The number of nitrogens with two attached hydrogens (primary N) is 1. The zero-order valence-electron chi connectivity index (χ0n) is 7.87. The minimum absolute atomic E-state index is 0.184. The molecule has 3 N–H and O–H groups in total. The number of hydrogen-bond acceptors (Lipinski definition) is 4. The number of esters is 1. The molecule has 0 bridgehead atoms. The Hall–Kier alpha value is -1.78. The molecule has 0 unspecified atom stereocenters. The predicted molar refractivity (Wildman–Crippen MR) is 51.8 cm³/mol. The maximum atomic E-state index is 11.2. The Bertz CT molecular complexity index is 384. The van der Waals surface area contributed by atoms with Crippen LogP contribution in [0.5, 0.6) is 0 Å². The number of carbonyl (C=O) groups is 1. The maximum absolute atomic E-state index is 11.2. The fraction of sp³-hybridized carbons (Fsp3) is 0.333. The number of ether oxygens (including phenoxy) is 1. The fourth-order valence-electron chi connectivity index (χ4n) is 1.07. The van der Waals surface area contributed by atoms with E-state index in [2.05, 4.69) is 9.72 Å². The topological polar surface area (TPSA) is 85.2 Å². The fourth-order valence-corrected chi connectivity index (χ4v) is 1.07. The Morgan fingerprint density at radius 2 is 2.36 bits per heavy atom. The molecule has 5 nitrogen and oxygen atoms in total. The number of hydrogen-bond donors (Lipinski definition) is 2. The summed E-state index contributed by atoms with van der Waals surface area (Å²) in [5, 5.41) is 0. The highest BCUT2D eigenvalue weighted by Crippen LogP contribution is 2.02. The summed E-state index contributed by atoms with van der Waals surface area (Å²) in [4.78, 5) is 24.5. The van der Waals surface area contributed by atoms with Crippen LogP contribution in [-0.4, -0.2) is 18.1 Å². The van der Waals surface area contributed by atoms with E-state index in [0.717, 1.165) is 0 Å². The van der Waals surface area contributed by atoms with Gasteiger partial charge in [-0.2, -0.15) is 0 Å². The van der Waals surface area contributed by atoms with E-state index in [1.807, 2.05) is 0 Å². The van der Waals surface area contributed by atoms with Crippen molar-refractivity contribution in [3.05, 3.63) is 28.2 Å². The van der Waals surface area contributed by atoms with Crippen LogP contribution in [0.3, 0.4) is 0 Å². The number of nitrogens with one attached hydrogen (secondary N) is 1. The summed E-state index contributed by atoms with van der Waals surface area (Å²) in [6.45, 7) is 0. The van der Waals surface area contributed by atoms with Crippen molar-refractivity contribution in [3.8, 4) is 0 Å². The lowest BCUT2D eigenvalue weighted by Gasteiger charge is -2.00. The molecule has 1 aromatic heterocycles. The van der Waals surface area contributed by atoms with Crippen molar-refractivity contribution in [2.45, 2.75) is 12.8 Å². The number of nitrogen functional groups attached to an aromatic ring is 1. The summed E-state index contributed by atoms with van der Waals surface area (Å²) in [6, 6.07) is 1.56. The summed E-state index contributed by atoms with van der Waals surface area (Å²) in [7, 11) is 1.31. The molecule has 0 radical (unpaired) electrons. The Morgan fingerprint density at radius 1 is 1.64 bits per heavy atom. The molecule has 1 aromatic rings. The van der Waals surface area contributed by atoms with Crippen molar-refractivity contribution in [1.82, 2.24) is 4.98 Å². The van der Waals surface area contributed by atoms with Gasteiger partial charge in [0.15, 0.2) is 0 Å². The van der Waals surface area contributed by atoms with Crippen molar-refractivity contribution >= 4 is 11.7 Å². The molecule has 0 aliphatic heterocycles. The molecular weight excluding hydrogens is 184 g/mol. The highest BCUT2D eigenvalue weighted by molar-refractivity contribution is 5.69. The quantitative estimate of drug-likeness (QED) is 0.669. The Balaban J connectivity index is 2.71. The smallest absolute Gasteiger partial charge is 0.305 e. The van der Waals surface area contributed by atoms with E-state index in [1.54, 1.807) is 6.07 Å². The number of pyridine rings is 1. The number of aromatic nitrogens is 1. The van der Waals surface area contributed by atoms with Crippen LogP contribution >= 0.6 is 0 Å². The monoisotopic (exact) mass is 196 g/mol. The van der Waals surface area contributed by atoms with Gasteiger partial charge in [0.25, 0.3) is 5.56 Å². The number of H-pyrrole nitrogens is 1. The van der Waals surface area contributed by atoms with Crippen LogP contribution < -0.4 is 11.3 Å². The van der Waals surface area contributed by atoms with Crippen molar-refractivity contribution in [2.24, 2.45) is 0 Å². The summed E-state index contributed by atoms with van der Waals surface area (Å²) in [5.41, 5.74) is 6.23. The molecule has 0 aliphatic carbocycles. The van der Waals surface area contributed by atoms with E-state index in [4.69, 9.17) is 5.73 Å². The molecule has 76 valence electrons. The van der Waals surface area contributed by atoms with Gasteiger partial charge < -0.3 is 15.5 Å². The number of methoxy groups -OCH3 is 1. The van der Waals surface area contributed by atoms with E-state index in [9.17, 15) is 9.59 Å². The lowest BCUT2D eigenvalue weighted by atomic mass is 10.1. The van der Waals surface area contributed by atoms with E-state index < -0.39 is 0 Å². The Kier molecular flexibility index (Phi) is 3.28. The first-order valence-electron chi connectivity index (χ1n) is 4.17. The van der Waals surface area contributed by atoms with Gasteiger partial charge in [-0.15, -0.1) is 0 Å². The summed E-state index contributed by atoms with van der Waals surface area (Å²) >= 11 is 0. The van der Waals surface area contributed by atoms with Crippen molar-refractivity contribution in [3.63, 3.8) is 0 Å². The van der Waals surface area contributed by atoms with Gasteiger partial charge in [-0.25, -0.2) is 0 Å². The molecule has 0 aliphatic rings. The van der Waals surface area contributed by atoms with Gasteiger partial charge in [0.05, 0.1) is 7.11 Å². The number of aryl methyl sites for hydroxylation is 1. The highest BCUT2D eigenvalue weighted by Gasteiger charge is 2.04. The molecular formula is C9H12N2O3. The van der Waals surface area contributed by atoms with E-state index in [0.29, 0.717) is 17.7 Å². The van der Waals surface area contributed by atoms with Gasteiger partial charge in [0.1, 0.15) is 0 Å². The van der Waals surface area contributed by atoms with Gasteiger partial charge >= 0.3 is 5.97 Å². The highest BCUT2D eigenvalue weighted by atomic mass is 16.5. The molecule has 5 heteroatoms. The molecule has 0 amide bonds. The molecule has 0 saturated heterocycles. The maximum Gasteiger partial charge on any atom is 0.305 e. The first kappa shape index (κ1) is 10.3. The third kappa shape index (κ3) is 2.62. The van der Waals surface area contributed by atoms with E-state index >= 15 is 0 Å². The molecule has 0 atom stereocenters.